The number of esters is 4. The summed E-state index contributed by atoms with van der Waals surface area (Å²) in [5.41, 5.74) is 2.50. The van der Waals surface area contributed by atoms with Crippen LogP contribution in [0.4, 0.5) is 0 Å². The fourth-order valence-electron chi connectivity index (χ4n) is 5.91. The van der Waals surface area contributed by atoms with Gasteiger partial charge in [0, 0.05) is 59.7 Å². The molecule has 3 heterocycles. The Morgan fingerprint density at radius 2 is 1.24 bits per heavy atom. The average molecular weight is 705 g/mol. The minimum absolute atomic E-state index is 0.0544. The van der Waals surface area contributed by atoms with Crippen LogP contribution in [-0.2, 0) is 67.2 Å². The molecule has 1 aromatic carbocycles. The highest BCUT2D eigenvalue weighted by Crippen LogP contribution is 2.31. The van der Waals surface area contributed by atoms with Gasteiger partial charge < -0.3 is 29.0 Å². The third-order valence-corrected chi connectivity index (χ3v) is 8.01. The lowest BCUT2D eigenvalue weighted by molar-refractivity contribution is -0.253. The number of carbonyl (C=O) groups excluding carboxylic acids is 5. The van der Waals surface area contributed by atoms with Crippen molar-refractivity contribution in [2.45, 2.75) is 90.2 Å². The van der Waals surface area contributed by atoms with Crippen LogP contribution in [0.25, 0.3) is 0 Å². The molecule has 3 aromatic rings. The highest BCUT2D eigenvalue weighted by Gasteiger charge is 2.51. The summed E-state index contributed by atoms with van der Waals surface area (Å²) in [6.07, 6.45) is -1.93. The second-order valence-corrected chi connectivity index (χ2v) is 12.1. The van der Waals surface area contributed by atoms with Crippen LogP contribution in [0, 0.1) is 0 Å². The molecule has 1 fully saturated rings. The van der Waals surface area contributed by atoms with Gasteiger partial charge in [0.1, 0.15) is 18.8 Å². The number of pyridine rings is 2. The van der Waals surface area contributed by atoms with E-state index in [1.165, 1.54) is 13.8 Å². The summed E-state index contributed by atoms with van der Waals surface area (Å²) in [5.74, 6) is -3.03. The van der Waals surface area contributed by atoms with Crippen LogP contribution in [0.1, 0.15) is 51.1 Å². The van der Waals surface area contributed by atoms with Gasteiger partial charge in [0.15, 0.2) is 18.3 Å². The van der Waals surface area contributed by atoms with E-state index in [4.69, 9.17) is 23.7 Å². The number of amides is 1. The molecule has 1 amide bonds. The number of nitrogens with zero attached hydrogens (tertiary/aromatic N) is 3. The van der Waals surface area contributed by atoms with Crippen LogP contribution >= 0.6 is 0 Å². The van der Waals surface area contributed by atoms with Crippen molar-refractivity contribution in [3.8, 4) is 0 Å². The van der Waals surface area contributed by atoms with Crippen molar-refractivity contribution in [2.24, 2.45) is 0 Å². The molecule has 0 saturated carbocycles. The Bertz CT molecular complexity index is 1550. The van der Waals surface area contributed by atoms with Gasteiger partial charge in [0.25, 0.3) is 0 Å². The van der Waals surface area contributed by atoms with E-state index >= 15 is 0 Å². The Morgan fingerprint density at radius 3 is 1.75 bits per heavy atom. The van der Waals surface area contributed by atoms with Gasteiger partial charge in [0.05, 0.1) is 17.4 Å². The minimum atomic E-state index is -1.29. The molecule has 1 aliphatic heterocycles. The lowest BCUT2D eigenvalue weighted by Gasteiger charge is -2.44. The fourth-order valence-corrected chi connectivity index (χ4v) is 5.91. The van der Waals surface area contributed by atoms with Gasteiger partial charge >= 0.3 is 23.9 Å². The predicted octanol–water partition coefficient (Wildman–Crippen LogP) is 2.72. The number of ether oxygens (including phenoxy) is 5. The van der Waals surface area contributed by atoms with Crippen LogP contribution in [-0.4, -0.2) is 94.4 Å². The van der Waals surface area contributed by atoms with Gasteiger partial charge in [-0.25, -0.2) is 0 Å². The summed E-state index contributed by atoms with van der Waals surface area (Å²) in [7, 11) is 0. The Balaban J connectivity index is 1.60. The van der Waals surface area contributed by atoms with Crippen LogP contribution in [0.3, 0.4) is 0 Å². The summed E-state index contributed by atoms with van der Waals surface area (Å²) in [6, 6.07) is 20.2. The van der Waals surface area contributed by atoms with Crippen LogP contribution in [0.5, 0.6) is 0 Å². The van der Waals surface area contributed by atoms with Crippen molar-refractivity contribution >= 4 is 29.8 Å². The summed E-state index contributed by atoms with van der Waals surface area (Å²) in [6.45, 7) is 5.15. The summed E-state index contributed by atoms with van der Waals surface area (Å²) < 4.78 is 28.0. The molecule has 1 saturated heterocycles. The molecule has 2 aromatic heterocycles. The molecular weight excluding hydrogens is 660 g/mol. The molecule has 14 nitrogen and oxygen atoms in total. The van der Waals surface area contributed by atoms with Gasteiger partial charge in [-0.05, 0) is 42.7 Å². The second kappa shape index (κ2) is 19.3. The van der Waals surface area contributed by atoms with E-state index in [0.29, 0.717) is 19.5 Å². The average Bonchev–Trinajstić information content (AvgIpc) is 3.09. The molecule has 0 bridgehead atoms. The molecule has 272 valence electrons. The zero-order chi connectivity index (χ0) is 36.8. The number of hydrogen-bond donors (Lipinski definition) is 1. The smallest absolute Gasteiger partial charge is 0.303 e. The van der Waals surface area contributed by atoms with E-state index < -0.39 is 60.4 Å². The first-order chi connectivity index (χ1) is 24.5. The van der Waals surface area contributed by atoms with Crippen LogP contribution in [0.15, 0.2) is 79.1 Å². The molecular formula is C37H44N4O10. The summed E-state index contributed by atoms with van der Waals surface area (Å²) in [4.78, 5) is 73.4. The quantitative estimate of drug-likeness (QED) is 0.171. The number of hydrogen-bond acceptors (Lipinski definition) is 13. The molecule has 6 atom stereocenters. The van der Waals surface area contributed by atoms with Crippen molar-refractivity contribution in [1.29, 1.82) is 0 Å². The number of benzene rings is 1. The SMILES string of the molecule is CC(=O)OC[C@H]1O[C@@H](CCNC(=O)[C@H](Cc2ccccc2)N(Cc2ccccn2)Cc2ccccn2)[C@H](OC(C)=O)[C@@H](OC(C)=O)[C@@H]1OC(C)=O. The third kappa shape index (κ3) is 12.3. The molecule has 0 unspecified atom stereocenters. The number of aromatic nitrogens is 2. The molecule has 14 heteroatoms. The number of rotatable bonds is 16. The zero-order valence-corrected chi connectivity index (χ0v) is 29.1. The zero-order valence-electron chi connectivity index (χ0n) is 29.1. The first-order valence-corrected chi connectivity index (χ1v) is 16.7. The highest BCUT2D eigenvalue weighted by molar-refractivity contribution is 5.82. The van der Waals surface area contributed by atoms with Crippen LogP contribution < -0.4 is 5.32 Å². The molecule has 1 N–H and O–H groups in total. The first kappa shape index (κ1) is 38.6. The van der Waals surface area contributed by atoms with Crippen molar-refractivity contribution < 1.29 is 47.7 Å². The molecule has 0 spiro atoms. The fraction of sp³-hybridized carbons (Fsp3) is 0.432. The normalized spacial score (nSPS) is 20.5. The van der Waals surface area contributed by atoms with E-state index in [9.17, 15) is 24.0 Å². The monoisotopic (exact) mass is 704 g/mol. The molecule has 0 radical (unpaired) electrons. The third-order valence-electron chi connectivity index (χ3n) is 8.01. The standard InChI is InChI=1S/C37H44N4O10/c1-24(42)47-23-33-35(49-26(3)44)36(50-27(4)45)34(48-25(2)43)32(51-33)16-19-40-37(46)31(20-28-12-6-5-7-13-28)41(21-29-14-8-10-17-38-29)22-30-15-9-11-18-39-30/h5-15,17-18,31-36H,16,19-23H2,1-4H3,(H,40,46)/t31-,32-,33+,34-,35+,36+/m0/s1. The maximum absolute atomic E-state index is 14.2. The topological polar surface area (TPSA) is 173 Å². The Hall–Kier alpha value is -5.21. The summed E-state index contributed by atoms with van der Waals surface area (Å²) >= 11 is 0. The molecule has 4 rings (SSSR count). The van der Waals surface area contributed by atoms with E-state index in [0.717, 1.165) is 30.8 Å². The predicted molar refractivity (Wildman–Crippen MR) is 181 cm³/mol. The lowest BCUT2D eigenvalue weighted by Crippen LogP contribution is -2.62. The van der Waals surface area contributed by atoms with E-state index in [1.807, 2.05) is 71.6 Å². The van der Waals surface area contributed by atoms with Gasteiger partial charge in [-0.2, -0.15) is 0 Å². The second-order valence-electron chi connectivity index (χ2n) is 12.1. The Morgan fingerprint density at radius 1 is 0.706 bits per heavy atom. The largest absolute Gasteiger partial charge is 0.463 e. The Kier molecular flexibility index (Phi) is 14.6. The number of carbonyl (C=O) groups is 5. The van der Waals surface area contributed by atoms with Crippen LogP contribution in [0.2, 0.25) is 0 Å². The number of nitrogens with one attached hydrogen (secondary N) is 1. The van der Waals surface area contributed by atoms with Crippen molar-refractivity contribution in [3.63, 3.8) is 0 Å². The maximum Gasteiger partial charge on any atom is 0.303 e. The molecule has 51 heavy (non-hydrogen) atoms. The van der Waals surface area contributed by atoms with Gasteiger partial charge in [-0.15, -0.1) is 0 Å². The van der Waals surface area contributed by atoms with Crippen molar-refractivity contribution in [1.82, 2.24) is 20.2 Å². The minimum Gasteiger partial charge on any atom is -0.463 e. The molecule has 0 aliphatic carbocycles. The Labute approximate surface area is 296 Å². The van der Waals surface area contributed by atoms with Gasteiger partial charge in [0.2, 0.25) is 5.91 Å². The van der Waals surface area contributed by atoms with Crippen molar-refractivity contribution in [3.05, 3.63) is 96.1 Å². The molecule has 1 aliphatic rings. The summed E-state index contributed by atoms with van der Waals surface area (Å²) in [5, 5.41) is 3.02. The van der Waals surface area contributed by atoms with Gasteiger partial charge in [-0.3, -0.25) is 38.8 Å². The maximum atomic E-state index is 14.2. The highest BCUT2D eigenvalue weighted by atomic mass is 16.7. The van der Waals surface area contributed by atoms with E-state index in [1.54, 1.807) is 12.4 Å². The first-order valence-electron chi connectivity index (χ1n) is 16.7. The lowest BCUT2D eigenvalue weighted by atomic mass is 9.92. The van der Waals surface area contributed by atoms with Gasteiger partial charge in [-0.1, -0.05) is 42.5 Å². The van der Waals surface area contributed by atoms with Crippen molar-refractivity contribution in [2.75, 3.05) is 13.2 Å². The van der Waals surface area contributed by atoms with E-state index in [2.05, 4.69) is 15.3 Å². The van der Waals surface area contributed by atoms with E-state index in [-0.39, 0.29) is 25.5 Å².